The van der Waals surface area contributed by atoms with Crippen LogP contribution in [0.2, 0.25) is 0 Å². The molecule has 0 saturated carbocycles. The fourth-order valence-corrected chi connectivity index (χ4v) is 2.52. The maximum absolute atomic E-state index is 5.34. The third kappa shape index (κ3) is 1.82. The summed E-state index contributed by atoms with van der Waals surface area (Å²) < 4.78 is 12.4. The molecule has 7 heteroatoms. The van der Waals surface area contributed by atoms with Gasteiger partial charge >= 0.3 is 0 Å². The quantitative estimate of drug-likeness (QED) is 0.711. The summed E-state index contributed by atoms with van der Waals surface area (Å²) >= 11 is 0. The van der Waals surface area contributed by atoms with Crippen LogP contribution in [0.15, 0.2) is 27.8 Å². The first-order valence-corrected chi connectivity index (χ1v) is 6.69. The molecule has 102 valence electrons. The normalized spacial score (nSPS) is 15.0. The Hall–Kier alpha value is -2.44. The molecule has 3 aromatic rings. The molecule has 0 bridgehead atoms. The van der Waals surface area contributed by atoms with Gasteiger partial charge in [0.1, 0.15) is 23.5 Å². The molecule has 1 aliphatic heterocycles. The highest BCUT2D eigenvalue weighted by Crippen LogP contribution is 2.25. The predicted octanol–water partition coefficient (Wildman–Crippen LogP) is 2.31. The van der Waals surface area contributed by atoms with E-state index in [0.717, 1.165) is 30.9 Å². The second kappa shape index (κ2) is 4.59. The molecule has 0 spiro atoms. The number of oxazole rings is 1. The van der Waals surface area contributed by atoms with E-state index in [9.17, 15) is 0 Å². The Balaban J connectivity index is 1.73. The molecule has 3 aromatic heterocycles. The Morgan fingerprint density at radius 2 is 2.15 bits per heavy atom. The average molecular weight is 271 g/mol. The van der Waals surface area contributed by atoms with Crippen LogP contribution >= 0.6 is 0 Å². The van der Waals surface area contributed by atoms with Crippen molar-refractivity contribution in [3.63, 3.8) is 0 Å². The molecule has 0 radical (unpaired) electrons. The average Bonchev–Trinajstić information content (AvgIpc) is 3.16. The van der Waals surface area contributed by atoms with Crippen molar-refractivity contribution in [3.05, 3.63) is 24.7 Å². The number of rotatable bonds is 2. The monoisotopic (exact) mass is 271 g/mol. The highest BCUT2D eigenvalue weighted by molar-refractivity contribution is 5.53. The van der Waals surface area contributed by atoms with E-state index in [4.69, 9.17) is 8.94 Å². The Kier molecular flexibility index (Phi) is 2.61. The zero-order valence-corrected chi connectivity index (χ0v) is 10.8. The van der Waals surface area contributed by atoms with Gasteiger partial charge in [0.15, 0.2) is 6.39 Å². The van der Waals surface area contributed by atoms with Gasteiger partial charge in [0.2, 0.25) is 5.82 Å². The molecule has 0 amide bonds. The summed E-state index contributed by atoms with van der Waals surface area (Å²) in [5.41, 5.74) is 1.44. The minimum Gasteiger partial charge on any atom is -0.451 e. The van der Waals surface area contributed by atoms with Gasteiger partial charge in [-0.25, -0.2) is 9.97 Å². The maximum atomic E-state index is 5.34. The fraction of sp³-hybridized carbons (Fsp3) is 0.385. The van der Waals surface area contributed by atoms with Gasteiger partial charge in [-0.3, -0.25) is 0 Å². The lowest BCUT2D eigenvalue weighted by Crippen LogP contribution is -2.02. The number of nitrogens with zero attached hydrogens (tertiary/aromatic N) is 5. The summed E-state index contributed by atoms with van der Waals surface area (Å²) in [5, 5.41) is 3.94. The zero-order chi connectivity index (χ0) is 13.4. The molecule has 1 aliphatic rings. The Morgan fingerprint density at radius 1 is 1.15 bits per heavy atom. The Labute approximate surface area is 114 Å². The molecule has 0 aromatic carbocycles. The van der Waals surface area contributed by atoms with Crippen molar-refractivity contribution in [1.82, 2.24) is 24.7 Å². The predicted molar refractivity (Wildman–Crippen MR) is 68.6 cm³/mol. The molecule has 7 nitrogen and oxygen atoms in total. The summed E-state index contributed by atoms with van der Waals surface area (Å²) in [6, 6.07) is 0. The maximum Gasteiger partial charge on any atom is 0.276 e. The van der Waals surface area contributed by atoms with Crippen molar-refractivity contribution in [1.29, 1.82) is 0 Å². The van der Waals surface area contributed by atoms with Gasteiger partial charge in [-0.2, -0.15) is 4.98 Å². The van der Waals surface area contributed by atoms with Crippen LogP contribution in [-0.2, 0) is 13.0 Å². The zero-order valence-electron chi connectivity index (χ0n) is 10.8. The van der Waals surface area contributed by atoms with E-state index in [1.807, 2.05) is 0 Å². The third-order valence-electron chi connectivity index (χ3n) is 3.53. The molecular formula is C13H13N5O2. The van der Waals surface area contributed by atoms with Crippen molar-refractivity contribution in [2.24, 2.45) is 0 Å². The first kappa shape index (κ1) is 11.4. The van der Waals surface area contributed by atoms with Crippen LogP contribution in [0.3, 0.4) is 0 Å². The molecule has 4 rings (SSSR count). The Morgan fingerprint density at radius 3 is 3.05 bits per heavy atom. The lowest BCUT2D eigenvalue weighted by atomic mass is 10.2. The molecular weight excluding hydrogens is 258 g/mol. The fourth-order valence-electron chi connectivity index (χ4n) is 2.52. The second-order valence-electron chi connectivity index (χ2n) is 4.82. The van der Waals surface area contributed by atoms with E-state index in [-0.39, 0.29) is 0 Å². The molecule has 0 N–H and O–H groups in total. The topological polar surface area (TPSA) is 82.8 Å². The van der Waals surface area contributed by atoms with E-state index in [0.29, 0.717) is 17.4 Å². The minimum absolute atomic E-state index is 0.429. The standard InChI is InChI=1S/C13H13N5O2/c1-2-4-11-14-6-10(18(11)5-3-1)13-16-12(17-20-13)9-7-19-8-15-9/h6-8H,1-5H2. The molecule has 0 atom stereocenters. The van der Waals surface area contributed by atoms with Crippen LogP contribution in [0.5, 0.6) is 0 Å². The van der Waals surface area contributed by atoms with Gasteiger partial charge in [0.05, 0.1) is 6.20 Å². The van der Waals surface area contributed by atoms with Crippen LogP contribution in [0, 0.1) is 0 Å². The van der Waals surface area contributed by atoms with Gasteiger partial charge in [0.25, 0.3) is 5.89 Å². The van der Waals surface area contributed by atoms with Crippen LogP contribution in [0.4, 0.5) is 0 Å². The summed E-state index contributed by atoms with van der Waals surface area (Å²) in [6.45, 7) is 0.951. The van der Waals surface area contributed by atoms with Crippen molar-refractivity contribution < 1.29 is 8.94 Å². The van der Waals surface area contributed by atoms with E-state index in [1.165, 1.54) is 25.5 Å². The van der Waals surface area contributed by atoms with E-state index >= 15 is 0 Å². The Bertz CT molecular complexity index is 713. The summed E-state index contributed by atoms with van der Waals surface area (Å²) in [4.78, 5) is 12.8. The van der Waals surface area contributed by atoms with Crippen LogP contribution in [-0.4, -0.2) is 24.7 Å². The van der Waals surface area contributed by atoms with E-state index < -0.39 is 0 Å². The van der Waals surface area contributed by atoms with Gasteiger partial charge < -0.3 is 13.5 Å². The number of fused-ring (bicyclic) bond motifs is 1. The second-order valence-corrected chi connectivity index (χ2v) is 4.82. The van der Waals surface area contributed by atoms with E-state index in [2.05, 4.69) is 24.7 Å². The first-order chi connectivity index (χ1) is 9.92. The third-order valence-corrected chi connectivity index (χ3v) is 3.53. The summed E-state index contributed by atoms with van der Waals surface area (Å²) in [6.07, 6.45) is 9.22. The molecule has 20 heavy (non-hydrogen) atoms. The number of hydrogen-bond donors (Lipinski definition) is 0. The lowest BCUT2D eigenvalue weighted by Gasteiger charge is -2.04. The van der Waals surface area contributed by atoms with Crippen LogP contribution in [0.1, 0.15) is 25.1 Å². The number of aromatic nitrogens is 5. The smallest absolute Gasteiger partial charge is 0.276 e. The molecule has 0 fully saturated rings. The van der Waals surface area contributed by atoms with Gasteiger partial charge in [0, 0.05) is 13.0 Å². The summed E-state index contributed by atoms with van der Waals surface area (Å²) in [7, 11) is 0. The van der Waals surface area contributed by atoms with E-state index in [1.54, 1.807) is 6.20 Å². The summed E-state index contributed by atoms with van der Waals surface area (Å²) in [5.74, 6) is 2.00. The van der Waals surface area contributed by atoms with Crippen molar-refractivity contribution in [3.8, 4) is 23.1 Å². The number of imidazole rings is 1. The molecule has 0 saturated heterocycles. The molecule has 0 aliphatic carbocycles. The molecule has 0 unspecified atom stereocenters. The van der Waals surface area contributed by atoms with Gasteiger partial charge in [-0.15, -0.1) is 0 Å². The number of aryl methyl sites for hydroxylation is 1. The van der Waals surface area contributed by atoms with Crippen molar-refractivity contribution >= 4 is 0 Å². The minimum atomic E-state index is 0.429. The number of hydrogen-bond acceptors (Lipinski definition) is 6. The highest BCUT2D eigenvalue weighted by Gasteiger charge is 2.19. The first-order valence-electron chi connectivity index (χ1n) is 6.69. The van der Waals surface area contributed by atoms with Gasteiger partial charge in [-0.1, -0.05) is 11.6 Å². The van der Waals surface area contributed by atoms with Crippen molar-refractivity contribution in [2.75, 3.05) is 0 Å². The van der Waals surface area contributed by atoms with Crippen LogP contribution in [0.25, 0.3) is 23.1 Å². The lowest BCUT2D eigenvalue weighted by molar-refractivity contribution is 0.427. The molecule has 4 heterocycles. The highest BCUT2D eigenvalue weighted by atomic mass is 16.5. The van der Waals surface area contributed by atoms with Gasteiger partial charge in [-0.05, 0) is 12.8 Å². The largest absolute Gasteiger partial charge is 0.451 e. The van der Waals surface area contributed by atoms with Crippen LogP contribution < -0.4 is 0 Å². The van der Waals surface area contributed by atoms with Crippen molar-refractivity contribution in [2.45, 2.75) is 32.2 Å². The SMILES string of the molecule is c1nc(-c2noc(-c3cnc4n3CCCCC4)n2)co1.